The van der Waals surface area contributed by atoms with Crippen LogP contribution in [0.1, 0.15) is 0 Å². The van der Waals surface area contributed by atoms with Gasteiger partial charge in [0.05, 0.1) is 22.4 Å². The molecule has 0 radical (unpaired) electrons. The average Bonchev–Trinajstić information content (AvgIpc) is 3.07. The van der Waals surface area contributed by atoms with E-state index in [0.29, 0.717) is 5.82 Å². The molecule has 100 valence electrons. The summed E-state index contributed by atoms with van der Waals surface area (Å²) in [6.07, 6.45) is 1.62. The summed E-state index contributed by atoms with van der Waals surface area (Å²) in [5.74, 6) is 0.467. The minimum absolute atomic E-state index is 0.0586. The van der Waals surface area contributed by atoms with Crippen LogP contribution in [0.5, 0.6) is 0 Å². The molecule has 0 amide bonds. The Kier molecular flexibility index (Phi) is 2.92. The van der Waals surface area contributed by atoms with Gasteiger partial charge in [0.1, 0.15) is 10.8 Å². The quantitative estimate of drug-likeness (QED) is 0.568. The molecule has 0 fully saturated rings. The molecule has 0 aliphatic heterocycles. The van der Waals surface area contributed by atoms with Crippen molar-refractivity contribution < 1.29 is 4.92 Å². The van der Waals surface area contributed by atoms with Crippen molar-refractivity contribution in [2.45, 2.75) is 0 Å². The minimum Gasteiger partial charge on any atom is -0.383 e. The van der Waals surface area contributed by atoms with Crippen molar-refractivity contribution >= 4 is 22.8 Å². The van der Waals surface area contributed by atoms with Gasteiger partial charge in [-0.05, 0) is 12.1 Å². The number of nitrogens with one attached hydrogen (secondary N) is 1. The van der Waals surface area contributed by atoms with Gasteiger partial charge >= 0.3 is 0 Å². The lowest BCUT2D eigenvalue weighted by atomic mass is 10.1. The summed E-state index contributed by atoms with van der Waals surface area (Å²) in [5, 5.41) is 19.8. The maximum atomic E-state index is 10.6. The second-order valence-electron chi connectivity index (χ2n) is 4.04. The van der Waals surface area contributed by atoms with Gasteiger partial charge < -0.3 is 5.73 Å². The largest absolute Gasteiger partial charge is 0.383 e. The van der Waals surface area contributed by atoms with Crippen molar-refractivity contribution in [1.82, 2.24) is 15.2 Å². The molecule has 2 heterocycles. The van der Waals surface area contributed by atoms with Gasteiger partial charge in [-0.1, -0.05) is 0 Å². The number of nitrogen functional groups attached to an aromatic ring is 1. The van der Waals surface area contributed by atoms with Crippen LogP contribution in [0.25, 0.3) is 21.8 Å². The maximum absolute atomic E-state index is 10.6. The zero-order chi connectivity index (χ0) is 14.1. The van der Waals surface area contributed by atoms with Gasteiger partial charge in [-0.3, -0.25) is 15.2 Å². The molecule has 8 heteroatoms. The topological polar surface area (TPSA) is 111 Å². The average molecular weight is 287 g/mol. The SMILES string of the molecule is Nc1[nH]ncc1-c1nc(-c2ccc([N+](=O)[O-])cc2)cs1. The Morgan fingerprint density at radius 2 is 2.05 bits per heavy atom. The van der Waals surface area contributed by atoms with E-state index in [9.17, 15) is 10.1 Å². The number of aromatic amines is 1. The van der Waals surface area contributed by atoms with E-state index in [0.717, 1.165) is 21.8 Å². The summed E-state index contributed by atoms with van der Waals surface area (Å²) >= 11 is 1.44. The Morgan fingerprint density at radius 1 is 1.30 bits per heavy atom. The van der Waals surface area contributed by atoms with Gasteiger partial charge in [0, 0.05) is 23.1 Å². The van der Waals surface area contributed by atoms with Crippen LogP contribution in [-0.4, -0.2) is 20.1 Å². The molecule has 0 aliphatic rings. The molecule has 3 aromatic rings. The third kappa shape index (κ3) is 2.12. The third-order valence-electron chi connectivity index (χ3n) is 2.78. The van der Waals surface area contributed by atoms with Crippen molar-refractivity contribution in [3.63, 3.8) is 0 Å². The molecule has 20 heavy (non-hydrogen) atoms. The number of rotatable bonds is 3. The van der Waals surface area contributed by atoms with Gasteiger partial charge in [-0.15, -0.1) is 11.3 Å². The molecule has 0 saturated heterocycles. The predicted octanol–water partition coefficient (Wildman–Crippen LogP) is 2.69. The molecule has 0 spiro atoms. The summed E-state index contributed by atoms with van der Waals surface area (Å²) in [6.45, 7) is 0. The van der Waals surface area contributed by atoms with Crippen LogP contribution in [0.2, 0.25) is 0 Å². The van der Waals surface area contributed by atoms with E-state index in [1.54, 1.807) is 18.3 Å². The summed E-state index contributed by atoms with van der Waals surface area (Å²) in [5.41, 5.74) is 8.13. The number of nitrogens with two attached hydrogens (primary N) is 1. The highest BCUT2D eigenvalue weighted by atomic mass is 32.1. The normalized spacial score (nSPS) is 10.6. The van der Waals surface area contributed by atoms with E-state index in [4.69, 9.17) is 5.73 Å². The van der Waals surface area contributed by atoms with E-state index >= 15 is 0 Å². The number of nitrogens with zero attached hydrogens (tertiary/aromatic N) is 3. The fraction of sp³-hybridized carbons (Fsp3) is 0. The molecule has 2 aromatic heterocycles. The van der Waals surface area contributed by atoms with Crippen LogP contribution in [0, 0.1) is 10.1 Å². The number of thiazole rings is 1. The second kappa shape index (κ2) is 4.74. The van der Waals surface area contributed by atoms with Crippen LogP contribution in [0.15, 0.2) is 35.8 Å². The number of hydrogen-bond donors (Lipinski definition) is 2. The fourth-order valence-corrected chi connectivity index (χ4v) is 2.60. The van der Waals surface area contributed by atoms with Crippen molar-refractivity contribution in [3.05, 3.63) is 46.0 Å². The zero-order valence-electron chi connectivity index (χ0n) is 10.1. The van der Waals surface area contributed by atoms with Crippen LogP contribution in [0.4, 0.5) is 11.5 Å². The fourth-order valence-electron chi connectivity index (χ4n) is 1.75. The van der Waals surface area contributed by atoms with Gasteiger partial charge in [0.25, 0.3) is 5.69 Å². The molecule has 3 N–H and O–H groups in total. The second-order valence-corrected chi connectivity index (χ2v) is 4.90. The molecule has 0 bridgehead atoms. The molecule has 7 nitrogen and oxygen atoms in total. The van der Waals surface area contributed by atoms with E-state index < -0.39 is 4.92 Å². The van der Waals surface area contributed by atoms with Gasteiger partial charge in [0.15, 0.2) is 0 Å². The molecule has 0 unspecified atom stereocenters. The van der Waals surface area contributed by atoms with E-state index in [-0.39, 0.29) is 5.69 Å². The lowest BCUT2D eigenvalue weighted by Crippen LogP contribution is -1.88. The smallest absolute Gasteiger partial charge is 0.269 e. The predicted molar refractivity (Wildman–Crippen MR) is 76.2 cm³/mol. The van der Waals surface area contributed by atoms with Crippen molar-refractivity contribution in [1.29, 1.82) is 0 Å². The van der Waals surface area contributed by atoms with Crippen molar-refractivity contribution in [2.24, 2.45) is 0 Å². The van der Waals surface area contributed by atoms with Gasteiger partial charge in [-0.2, -0.15) is 5.10 Å². The number of aromatic nitrogens is 3. The summed E-state index contributed by atoms with van der Waals surface area (Å²) < 4.78 is 0. The Bertz CT molecular complexity index is 762. The summed E-state index contributed by atoms with van der Waals surface area (Å²) in [4.78, 5) is 14.7. The van der Waals surface area contributed by atoms with Crippen LogP contribution < -0.4 is 5.73 Å². The maximum Gasteiger partial charge on any atom is 0.269 e. The van der Waals surface area contributed by atoms with E-state index in [1.165, 1.54) is 23.5 Å². The number of anilines is 1. The first-order valence-electron chi connectivity index (χ1n) is 5.64. The number of hydrogen-bond acceptors (Lipinski definition) is 6. The molecule has 1 aromatic carbocycles. The van der Waals surface area contributed by atoms with Crippen molar-refractivity contribution in [2.75, 3.05) is 5.73 Å². The first kappa shape index (κ1) is 12.3. The highest BCUT2D eigenvalue weighted by Crippen LogP contribution is 2.31. The lowest BCUT2D eigenvalue weighted by molar-refractivity contribution is -0.384. The Hall–Kier alpha value is -2.74. The summed E-state index contributed by atoms with van der Waals surface area (Å²) in [6, 6.07) is 6.27. The van der Waals surface area contributed by atoms with Crippen LogP contribution >= 0.6 is 11.3 Å². The van der Waals surface area contributed by atoms with Gasteiger partial charge in [0.2, 0.25) is 0 Å². The molecule has 3 rings (SSSR count). The molecule has 0 aliphatic carbocycles. The molecule has 0 atom stereocenters. The highest BCUT2D eigenvalue weighted by Gasteiger charge is 2.11. The lowest BCUT2D eigenvalue weighted by Gasteiger charge is -1.96. The number of non-ortho nitro benzene ring substituents is 1. The van der Waals surface area contributed by atoms with Crippen LogP contribution in [0.3, 0.4) is 0 Å². The van der Waals surface area contributed by atoms with Gasteiger partial charge in [-0.25, -0.2) is 4.98 Å². The number of nitro groups is 1. The Labute approximate surface area is 117 Å². The van der Waals surface area contributed by atoms with Crippen molar-refractivity contribution in [3.8, 4) is 21.8 Å². The summed E-state index contributed by atoms with van der Waals surface area (Å²) in [7, 11) is 0. The molecule has 0 saturated carbocycles. The highest BCUT2D eigenvalue weighted by molar-refractivity contribution is 7.13. The number of nitro benzene ring substituents is 1. The Morgan fingerprint density at radius 3 is 2.65 bits per heavy atom. The monoisotopic (exact) mass is 287 g/mol. The zero-order valence-corrected chi connectivity index (χ0v) is 10.9. The van der Waals surface area contributed by atoms with Crippen LogP contribution in [-0.2, 0) is 0 Å². The van der Waals surface area contributed by atoms with E-state index in [2.05, 4.69) is 15.2 Å². The number of H-pyrrole nitrogens is 1. The first-order valence-corrected chi connectivity index (χ1v) is 6.52. The molecular weight excluding hydrogens is 278 g/mol. The molecular formula is C12H9N5O2S. The number of benzene rings is 1. The Balaban J connectivity index is 1.94. The standard InChI is InChI=1S/C12H9N5O2S/c13-11-9(5-14-16-11)12-15-10(6-20-12)7-1-3-8(4-2-7)17(18)19/h1-6H,(H3,13,14,16). The van der Waals surface area contributed by atoms with E-state index in [1.807, 2.05) is 5.38 Å². The third-order valence-corrected chi connectivity index (χ3v) is 3.65. The first-order chi connectivity index (χ1) is 9.65. The minimum atomic E-state index is -0.428.